The lowest BCUT2D eigenvalue weighted by atomic mass is 9.88. The molecule has 10 heteroatoms. The van der Waals surface area contributed by atoms with Gasteiger partial charge in [-0.25, -0.2) is 4.79 Å². The second-order valence-corrected chi connectivity index (χ2v) is 6.89. The number of urea groups is 1. The Morgan fingerprint density at radius 3 is 2.46 bits per heavy atom. The summed E-state index contributed by atoms with van der Waals surface area (Å²) in [5, 5.41) is 15.3. The van der Waals surface area contributed by atoms with E-state index in [1.807, 2.05) is 5.32 Å². The molecule has 146 valence electrons. The lowest BCUT2D eigenvalue weighted by Crippen LogP contribution is -2.46. The highest BCUT2D eigenvalue weighted by atomic mass is 16.6. The van der Waals surface area contributed by atoms with Gasteiger partial charge in [-0.1, -0.05) is 6.92 Å². The number of ether oxygens (including phenoxy) is 1. The first-order valence-electron chi connectivity index (χ1n) is 8.46. The number of amides is 3. The van der Waals surface area contributed by atoms with Gasteiger partial charge in [0.2, 0.25) is 6.54 Å². The van der Waals surface area contributed by atoms with Crippen LogP contribution < -0.4 is 10.6 Å². The Bertz CT molecular complexity index is 590. The molecule has 1 saturated carbocycles. The summed E-state index contributed by atoms with van der Waals surface area (Å²) in [4.78, 5) is 57.6. The van der Waals surface area contributed by atoms with Crippen molar-refractivity contribution in [2.75, 3.05) is 6.54 Å². The van der Waals surface area contributed by atoms with Crippen LogP contribution in [0.3, 0.4) is 0 Å². The Labute approximate surface area is 151 Å². The molecule has 3 amide bonds. The van der Waals surface area contributed by atoms with Gasteiger partial charge >= 0.3 is 12.0 Å². The maximum atomic E-state index is 12.0. The minimum absolute atomic E-state index is 0.172. The van der Waals surface area contributed by atoms with Gasteiger partial charge in [0, 0.05) is 29.2 Å². The Balaban J connectivity index is 2.58. The molecule has 4 atom stereocenters. The Morgan fingerprint density at radius 2 is 1.92 bits per heavy atom. The summed E-state index contributed by atoms with van der Waals surface area (Å²) in [6.45, 7) is 6.07. The normalized spacial score (nSPS) is 23.4. The third-order valence-electron chi connectivity index (χ3n) is 4.26. The highest BCUT2D eigenvalue weighted by Crippen LogP contribution is 2.36. The number of nitrogens with one attached hydrogen (secondary N) is 2. The Kier molecular flexibility index (Phi) is 7.66. The highest BCUT2D eigenvalue weighted by molar-refractivity contribution is 5.97. The van der Waals surface area contributed by atoms with Crippen LogP contribution >= 0.6 is 0 Å². The fourth-order valence-corrected chi connectivity index (χ4v) is 2.99. The molecular weight excluding hydrogens is 346 g/mol. The molecule has 1 aliphatic carbocycles. The Hall–Kier alpha value is -2.52. The van der Waals surface area contributed by atoms with E-state index in [9.17, 15) is 29.3 Å². The summed E-state index contributed by atoms with van der Waals surface area (Å²) in [6.07, 6.45) is -1.37. The first kappa shape index (κ1) is 21.5. The van der Waals surface area contributed by atoms with Gasteiger partial charge in [-0.3, -0.25) is 29.8 Å². The van der Waals surface area contributed by atoms with E-state index < -0.39 is 47.3 Å². The highest BCUT2D eigenvalue weighted by Gasteiger charge is 2.44. The lowest BCUT2D eigenvalue weighted by molar-refractivity contribution is -0.490. The van der Waals surface area contributed by atoms with Crippen LogP contribution in [-0.2, 0) is 19.1 Å². The van der Waals surface area contributed by atoms with E-state index in [0.717, 1.165) is 0 Å². The smallest absolute Gasteiger partial charge is 0.321 e. The quantitative estimate of drug-likeness (QED) is 0.380. The fourth-order valence-electron chi connectivity index (χ4n) is 2.99. The average molecular weight is 371 g/mol. The molecule has 26 heavy (non-hydrogen) atoms. The summed E-state index contributed by atoms with van der Waals surface area (Å²) < 4.78 is 4.96. The number of esters is 1. The molecule has 10 nitrogen and oxygen atoms in total. The number of nitrogens with zero attached hydrogens (tertiary/aromatic N) is 1. The zero-order valence-electron chi connectivity index (χ0n) is 15.3. The first-order valence-corrected chi connectivity index (χ1v) is 8.46. The van der Waals surface area contributed by atoms with E-state index in [0.29, 0.717) is 0 Å². The predicted octanol–water partition coefficient (Wildman–Crippen LogP) is 0.660. The summed E-state index contributed by atoms with van der Waals surface area (Å²) in [5.41, 5.74) is 0. The van der Waals surface area contributed by atoms with Gasteiger partial charge in [0.05, 0.1) is 6.42 Å². The van der Waals surface area contributed by atoms with Crippen molar-refractivity contribution >= 4 is 23.7 Å². The molecule has 0 bridgehead atoms. The predicted molar refractivity (Wildman–Crippen MR) is 89.6 cm³/mol. The van der Waals surface area contributed by atoms with Crippen LogP contribution in [0.15, 0.2) is 0 Å². The average Bonchev–Trinajstić information content (AvgIpc) is 2.72. The van der Waals surface area contributed by atoms with Crippen molar-refractivity contribution in [2.24, 2.45) is 17.8 Å². The van der Waals surface area contributed by atoms with Crippen LogP contribution in [0.4, 0.5) is 4.79 Å². The van der Waals surface area contributed by atoms with Gasteiger partial charge in [-0.15, -0.1) is 0 Å². The van der Waals surface area contributed by atoms with Gasteiger partial charge in [0.15, 0.2) is 6.10 Å². The second kappa shape index (κ2) is 9.25. The minimum Gasteiger partial charge on any atom is -0.453 e. The second-order valence-electron chi connectivity index (χ2n) is 6.89. The number of nitro groups is 1. The van der Waals surface area contributed by atoms with Crippen molar-refractivity contribution in [3.05, 3.63) is 10.1 Å². The number of carbonyl (C=O) groups is 4. The van der Waals surface area contributed by atoms with Crippen LogP contribution in [-0.4, -0.2) is 47.3 Å². The summed E-state index contributed by atoms with van der Waals surface area (Å²) >= 11 is 0. The van der Waals surface area contributed by atoms with Crippen LogP contribution in [0.1, 0.15) is 40.5 Å². The van der Waals surface area contributed by atoms with Crippen molar-refractivity contribution in [2.45, 2.75) is 52.7 Å². The summed E-state index contributed by atoms with van der Waals surface area (Å²) in [7, 11) is 0. The van der Waals surface area contributed by atoms with Crippen LogP contribution in [0.5, 0.6) is 0 Å². The van der Waals surface area contributed by atoms with E-state index in [-0.39, 0.29) is 30.6 Å². The number of carbonyl (C=O) groups excluding carboxylic acids is 4. The van der Waals surface area contributed by atoms with E-state index in [1.165, 1.54) is 6.92 Å². The van der Waals surface area contributed by atoms with Gasteiger partial charge in [0.25, 0.3) is 5.91 Å². The van der Waals surface area contributed by atoms with Gasteiger partial charge < -0.3 is 10.1 Å². The standard InChI is InChI=1S/C16H25N3O7/c1-8(2)17-16(23)18-15(22)10(4)26-14(21)6-11-12(7-19(24)25)9(3)5-13(11)20/h8-12H,5-7H2,1-4H3,(H2,17,18,22,23)/t9-,10-,11+,12+/m0/s1. The number of imide groups is 1. The molecule has 0 heterocycles. The lowest BCUT2D eigenvalue weighted by Gasteiger charge is -2.18. The molecule has 0 aromatic carbocycles. The number of rotatable bonds is 7. The monoisotopic (exact) mass is 371 g/mol. The molecule has 1 rings (SSSR count). The van der Waals surface area contributed by atoms with Crippen molar-refractivity contribution in [1.82, 2.24) is 10.6 Å². The van der Waals surface area contributed by atoms with E-state index in [4.69, 9.17) is 4.74 Å². The Morgan fingerprint density at radius 1 is 1.31 bits per heavy atom. The van der Waals surface area contributed by atoms with Crippen molar-refractivity contribution < 1.29 is 28.8 Å². The van der Waals surface area contributed by atoms with E-state index in [2.05, 4.69) is 5.32 Å². The fraction of sp³-hybridized carbons (Fsp3) is 0.750. The molecule has 1 fully saturated rings. The van der Waals surface area contributed by atoms with Gasteiger partial charge in [0.1, 0.15) is 5.78 Å². The number of ketones is 1. The molecule has 0 radical (unpaired) electrons. The minimum atomic E-state index is -1.23. The SMILES string of the molecule is CC(C)NC(=O)NC(=O)[C@H](C)OC(=O)C[C@H]1C(=O)C[C@H](C)[C@H]1C[N+](=O)[O-]. The zero-order valence-corrected chi connectivity index (χ0v) is 15.3. The molecular formula is C16H25N3O7. The zero-order chi connectivity index (χ0) is 20.0. The molecule has 0 spiro atoms. The molecule has 1 aliphatic rings. The topological polar surface area (TPSA) is 145 Å². The van der Waals surface area contributed by atoms with Crippen LogP contribution in [0, 0.1) is 27.9 Å². The van der Waals surface area contributed by atoms with Gasteiger partial charge in [-0.05, 0) is 26.7 Å². The molecule has 0 saturated heterocycles. The van der Waals surface area contributed by atoms with Crippen LogP contribution in [0.2, 0.25) is 0 Å². The largest absolute Gasteiger partial charge is 0.453 e. The third kappa shape index (κ3) is 6.41. The summed E-state index contributed by atoms with van der Waals surface area (Å²) in [5.74, 6) is -3.34. The van der Waals surface area contributed by atoms with Crippen molar-refractivity contribution in [1.29, 1.82) is 0 Å². The third-order valence-corrected chi connectivity index (χ3v) is 4.26. The maximum absolute atomic E-state index is 12.0. The number of hydrogen-bond acceptors (Lipinski definition) is 7. The molecule has 2 N–H and O–H groups in total. The molecule has 0 aromatic heterocycles. The summed E-state index contributed by atoms with van der Waals surface area (Å²) in [6, 6.07) is -0.881. The van der Waals surface area contributed by atoms with Gasteiger partial charge in [-0.2, -0.15) is 0 Å². The molecule has 0 aromatic rings. The number of hydrogen-bond donors (Lipinski definition) is 2. The van der Waals surface area contributed by atoms with Crippen molar-refractivity contribution in [3.63, 3.8) is 0 Å². The van der Waals surface area contributed by atoms with Crippen molar-refractivity contribution in [3.8, 4) is 0 Å². The van der Waals surface area contributed by atoms with Crippen LogP contribution in [0.25, 0.3) is 0 Å². The molecule has 0 aliphatic heterocycles. The number of Topliss-reactive ketones (excluding diaryl/α,β-unsaturated/α-hetero) is 1. The first-order chi connectivity index (χ1) is 12.0. The molecule has 0 unspecified atom stereocenters. The van der Waals surface area contributed by atoms with E-state index >= 15 is 0 Å². The van der Waals surface area contributed by atoms with E-state index in [1.54, 1.807) is 20.8 Å². The maximum Gasteiger partial charge on any atom is 0.321 e.